The molecule has 0 aliphatic heterocycles. The van der Waals surface area contributed by atoms with Gasteiger partial charge in [-0.05, 0) is 36.9 Å². The molecule has 2 heterocycles. The normalized spacial score (nSPS) is 12.3. The Bertz CT molecular complexity index is 1280. The number of rotatable bonds is 6. The number of furan rings is 1. The minimum Gasteiger partial charge on any atom is -0.480 e. The highest BCUT2D eigenvalue weighted by molar-refractivity contribution is 7.98. The second kappa shape index (κ2) is 7.63. The average molecular weight is 409 g/mol. The maximum atomic E-state index is 12.8. The standard InChI is InChI=1S/C21H19N3O4S/c1-12(23-16-10-22-21(29-2)24(20(16)27)11-19(25)26)13-7-8-18-15(9-13)14-5-3-4-6-17(14)28-18/h3-10,12,23H,11H2,1-2H3,(H,25,26)/t12-/m1/s1. The van der Waals surface area contributed by atoms with Crippen LogP contribution in [0.3, 0.4) is 0 Å². The topological polar surface area (TPSA) is 97.4 Å². The lowest BCUT2D eigenvalue weighted by molar-refractivity contribution is -0.137. The number of para-hydroxylation sites is 1. The van der Waals surface area contributed by atoms with Crippen LogP contribution in [0.25, 0.3) is 21.9 Å². The van der Waals surface area contributed by atoms with Gasteiger partial charge in [0.05, 0.1) is 6.20 Å². The number of hydrogen-bond acceptors (Lipinski definition) is 6. The van der Waals surface area contributed by atoms with Crippen LogP contribution in [0, 0.1) is 0 Å². The number of hydrogen-bond donors (Lipinski definition) is 2. The van der Waals surface area contributed by atoms with E-state index < -0.39 is 18.1 Å². The molecule has 0 saturated carbocycles. The van der Waals surface area contributed by atoms with Crippen molar-refractivity contribution in [2.24, 2.45) is 0 Å². The third-order valence-electron chi connectivity index (χ3n) is 4.76. The zero-order chi connectivity index (χ0) is 20.5. The lowest BCUT2D eigenvalue weighted by Gasteiger charge is -2.17. The van der Waals surface area contributed by atoms with Crippen LogP contribution in [-0.2, 0) is 11.3 Å². The number of thioether (sulfide) groups is 1. The first kappa shape index (κ1) is 19.1. The van der Waals surface area contributed by atoms with Gasteiger partial charge in [-0.2, -0.15) is 0 Å². The fourth-order valence-corrected chi connectivity index (χ4v) is 3.87. The highest BCUT2D eigenvalue weighted by atomic mass is 32.2. The molecule has 1 atom stereocenters. The Morgan fingerprint density at radius 1 is 1.24 bits per heavy atom. The monoisotopic (exact) mass is 409 g/mol. The number of carboxylic acids is 1. The number of aromatic nitrogens is 2. The van der Waals surface area contributed by atoms with Crippen molar-refractivity contribution in [3.8, 4) is 0 Å². The van der Waals surface area contributed by atoms with E-state index in [-0.39, 0.29) is 11.7 Å². The van der Waals surface area contributed by atoms with Crippen LogP contribution in [-0.4, -0.2) is 26.9 Å². The first-order chi connectivity index (χ1) is 14.0. The lowest BCUT2D eigenvalue weighted by Crippen LogP contribution is -2.29. The smallest absolute Gasteiger partial charge is 0.323 e. The van der Waals surface area contributed by atoms with Crippen molar-refractivity contribution >= 4 is 45.4 Å². The molecule has 0 saturated heterocycles. The Balaban J connectivity index is 1.69. The Morgan fingerprint density at radius 3 is 2.76 bits per heavy atom. The lowest BCUT2D eigenvalue weighted by atomic mass is 10.0. The molecule has 0 aliphatic carbocycles. The Morgan fingerprint density at radius 2 is 2.00 bits per heavy atom. The summed E-state index contributed by atoms with van der Waals surface area (Å²) in [7, 11) is 0. The molecule has 2 aromatic heterocycles. The van der Waals surface area contributed by atoms with E-state index in [1.165, 1.54) is 18.0 Å². The Kier molecular flexibility index (Phi) is 5.02. The SMILES string of the molecule is CSc1ncc(N[C@H](C)c2ccc3oc4ccccc4c3c2)c(=O)n1CC(=O)O. The zero-order valence-corrected chi connectivity index (χ0v) is 16.7. The van der Waals surface area contributed by atoms with Gasteiger partial charge in [-0.3, -0.25) is 14.2 Å². The molecule has 2 N–H and O–H groups in total. The third-order valence-corrected chi connectivity index (χ3v) is 5.45. The van der Waals surface area contributed by atoms with Crippen molar-refractivity contribution in [2.75, 3.05) is 11.6 Å². The Labute approximate surface area is 170 Å². The maximum absolute atomic E-state index is 12.8. The van der Waals surface area contributed by atoms with Crippen molar-refractivity contribution in [3.05, 3.63) is 64.6 Å². The molecule has 2 aromatic carbocycles. The van der Waals surface area contributed by atoms with Gasteiger partial charge in [0.25, 0.3) is 5.56 Å². The highest BCUT2D eigenvalue weighted by Gasteiger charge is 2.16. The molecule has 4 rings (SSSR count). The maximum Gasteiger partial charge on any atom is 0.323 e. The third kappa shape index (κ3) is 3.58. The van der Waals surface area contributed by atoms with E-state index in [9.17, 15) is 9.59 Å². The molecule has 0 spiro atoms. The van der Waals surface area contributed by atoms with E-state index in [4.69, 9.17) is 9.52 Å². The molecule has 0 radical (unpaired) electrons. The molecule has 29 heavy (non-hydrogen) atoms. The van der Waals surface area contributed by atoms with E-state index in [1.807, 2.05) is 49.4 Å². The number of nitrogens with zero attached hydrogens (tertiary/aromatic N) is 2. The van der Waals surface area contributed by atoms with Crippen molar-refractivity contribution in [1.29, 1.82) is 0 Å². The first-order valence-corrected chi connectivity index (χ1v) is 10.2. The van der Waals surface area contributed by atoms with Crippen LogP contribution in [0.1, 0.15) is 18.5 Å². The summed E-state index contributed by atoms with van der Waals surface area (Å²) >= 11 is 1.23. The van der Waals surface area contributed by atoms with Gasteiger partial charge in [-0.1, -0.05) is 36.0 Å². The summed E-state index contributed by atoms with van der Waals surface area (Å²) < 4.78 is 7.02. The van der Waals surface area contributed by atoms with Crippen LogP contribution in [0.2, 0.25) is 0 Å². The number of anilines is 1. The van der Waals surface area contributed by atoms with Crippen LogP contribution >= 0.6 is 11.8 Å². The highest BCUT2D eigenvalue weighted by Crippen LogP contribution is 2.31. The molecule has 7 nitrogen and oxygen atoms in total. The predicted molar refractivity (Wildman–Crippen MR) is 114 cm³/mol. The number of benzene rings is 2. The molecule has 148 valence electrons. The summed E-state index contributed by atoms with van der Waals surface area (Å²) in [5.41, 5.74) is 2.45. The first-order valence-electron chi connectivity index (χ1n) is 9.01. The van der Waals surface area contributed by atoms with Gasteiger partial charge in [0.1, 0.15) is 23.4 Å². The molecule has 0 amide bonds. The molecule has 8 heteroatoms. The van der Waals surface area contributed by atoms with Crippen molar-refractivity contribution in [1.82, 2.24) is 9.55 Å². The molecule has 4 aromatic rings. The largest absolute Gasteiger partial charge is 0.480 e. The van der Waals surface area contributed by atoms with Gasteiger partial charge in [0.2, 0.25) is 0 Å². The molecular weight excluding hydrogens is 390 g/mol. The average Bonchev–Trinajstić information content (AvgIpc) is 3.08. The second-order valence-electron chi connectivity index (χ2n) is 6.66. The summed E-state index contributed by atoms with van der Waals surface area (Å²) in [6.45, 7) is 1.51. The summed E-state index contributed by atoms with van der Waals surface area (Å²) in [4.78, 5) is 28.1. The van der Waals surface area contributed by atoms with Gasteiger partial charge in [0.15, 0.2) is 5.16 Å². The van der Waals surface area contributed by atoms with E-state index in [1.54, 1.807) is 6.26 Å². The van der Waals surface area contributed by atoms with Gasteiger partial charge < -0.3 is 14.8 Å². The Hall–Kier alpha value is -3.26. The summed E-state index contributed by atoms with van der Waals surface area (Å²) in [6.07, 6.45) is 3.20. The number of nitrogens with one attached hydrogen (secondary N) is 1. The van der Waals surface area contributed by atoms with Gasteiger partial charge >= 0.3 is 5.97 Å². The van der Waals surface area contributed by atoms with Crippen molar-refractivity contribution < 1.29 is 14.3 Å². The minimum atomic E-state index is -1.09. The predicted octanol–water partition coefficient (Wildman–Crippen LogP) is 4.12. The van der Waals surface area contributed by atoms with Crippen LogP contribution in [0.15, 0.2) is 63.0 Å². The summed E-state index contributed by atoms with van der Waals surface area (Å²) in [5.74, 6) is -1.09. The summed E-state index contributed by atoms with van der Waals surface area (Å²) in [5, 5.41) is 14.7. The van der Waals surface area contributed by atoms with Crippen LogP contribution in [0.5, 0.6) is 0 Å². The zero-order valence-electron chi connectivity index (χ0n) is 15.9. The molecule has 0 bridgehead atoms. The fourth-order valence-electron chi connectivity index (χ4n) is 3.34. The number of carbonyl (C=O) groups is 1. The number of carboxylic acid groups (broad SMARTS) is 1. The molecule has 0 aliphatic rings. The van der Waals surface area contributed by atoms with Gasteiger partial charge in [-0.15, -0.1) is 0 Å². The molecule has 0 unspecified atom stereocenters. The van der Waals surface area contributed by atoms with Gasteiger partial charge in [-0.25, -0.2) is 4.98 Å². The van der Waals surface area contributed by atoms with E-state index >= 15 is 0 Å². The quantitative estimate of drug-likeness (QED) is 0.365. The van der Waals surface area contributed by atoms with E-state index in [0.717, 1.165) is 32.1 Å². The fraction of sp³-hybridized carbons (Fsp3) is 0.190. The van der Waals surface area contributed by atoms with E-state index in [2.05, 4.69) is 10.3 Å². The number of fused-ring (bicyclic) bond motifs is 3. The second-order valence-corrected chi connectivity index (χ2v) is 7.44. The summed E-state index contributed by atoms with van der Waals surface area (Å²) in [6, 6.07) is 13.6. The molecular formula is C21H19N3O4S. The molecule has 0 fully saturated rings. The van der Waals surface area contributed by atoms with Crippen LogP contribution in [0.4, 0.5) is 5.69 Å². The van der Waals surface area contributed by atoms with Gasteiger partial charge in [0, 0.05) is 16.8 Å². The minimum absolute atomic E-state index is 0.194. The van der Waals surface area contributed by atoms with Crippen LogP contribution < -0.4 is 10.9 Å². The van der Waals surface area contributed by atoms with Crippen molar-refractivity contribution in [2.45, 2.75) is 24.7 Å². The number of aliphatic carboxylic acids is 1. The van der Waals surface area contributed by atoms with Crippen molar-refractivity contribution in [3.63, 3.8) is 0 Å². The van der Waals surface area contributed by atoms with E-state index in [0.29, 0.717) is 5.16 Å².